The molecule has 1 fully saturated rings. The van der Waals surface area contributed by atoms with Crippen molar-refractivity contribution in [2.75, 3.05) is 38.2 Å². The first-order chi connectivity index (χ1) is 13.3. The van der Waals surface area contributed by atoms with E-state index in [1.54, 1.807) is 7.11 Å². The van der Waals surface area contributed by atoms with E-state index in [0.29, 0.717) is 6.04 Å². The average Bonchev–Trinajstić information content (AvgIpc) is 3.37. The zero-order valence-corrected chi connectivity index (χ0v) is 16.3. The van der Waals surface area contributed by atoms with Crippen molar-refractivity contribution < 1.29 is 4.74 Å². The third-order valence-corrected chi connectivity index (χ3v) is 4.67. The van der Waals surface area contributed by atoms with Gasteiger partial charge in [0, 0.05) is 51.2 Å². The van der Waals surface area contributed by atoms with Gasteiger partial charge in [-0.3, -0.25) is 9.67 Å². The Morgan fingerprint density at radius 3 is 3.00 bits per heavy atom. The minimum Gasteiger partial charge on any atom is -0.495 e. The molecular formula is C20H30N6O. The number of aliphatic imine (C=N–C) groups is 1. The molecule has 1 aromatic carbocycles. The van der Waals surface area contributed by atoms with Crippen molar-refractivity contribution in [3.8, 4) is 5.75 Å². The number of aromatic nitrogens is 2. The molecule has 1 aliphatic heterocycles. The van der Waals surface area contributed by atoms with Crippen LogP contribution in [-0.2, 0) is 6.54 Å². The fourth-order valence-electron chi connectivity index (χ4n) is 3.36. The van der Waals surface area contributed by atoms with Gasteiger partial charge in [0.2, 0.25) is 0 Å². The highest BCUT2D eigenvalue weighted by Crippen LogP contribution is 2.30. The van der Waals surface area contributed by atoms with Gasteiger partial charge in [-0.1, -0.05) is 12.1 Å². The standard InChI is InChI=1S/C20H30N6O/c1-3-21-20(22-11-6-13-26-14-7-12-23-26)24-17-10-15-25(16-17)18-8-4-5-9-19(18)27-2/h4-5,7-9,12,14,17H,3,6,10-11,13,15-16H2,1-2H3,(H2,21,22,24). The van der Waals surface area contributed by atoms with Crippen LogP contribution in [0, 0.1) is 0 Å². The first-order valence-electron chi connectivity index (χ1n) is 9.70. The minimum absolute atomic E-state index is 0.374. The van der Waals surface area contributed by atoms with Crippen LogP contribution in [0.15, 0.2) is 47.7 Å². The summed E-state index contributed by atoms with van der Waals surface area (Å²) in [6, 6.07) is 10.5. The molecule has 0 amide bonds. The zero-order valence-electron chi connectivity index (χ0n) is 16.3. The third-order valence-electron chi connectivity index (χ3n) is 4.67. The molecule has 0 bridgehead atoms. The second-order valence-electron chi connectivity index (χ2n) is 6.63. The fourth-order valence-corrected chi connectivity index (χ4v) is 3.36. The fraction of sp³-hybridized carbons (Fsp3) is 0.500. The van der Waals surface area contributed by atoms with Gasteiger partial charge in [-0.25, -0.2) is 0 Å². The maximum atomic E-state index is 5.50. The second kappa shape index (κ2) is 9.85. The number of hydrogen-bond acceptors (Lipinski definition) is 4. The minimum atomic E-state index is 0.374. The summed E-state index contributed by atoms with van der Waals surface area (Å²) in [5, 5.41) is 11.2. The number of ether oxygens (including phenoxy) is 1. The maximum Gasteiger partial charge on any atom is 0.191 e. The number of nitrogens with zero attached hydrogens (tertiary/aromatic N) is 4. The predicted molar refractivity (Wildman–Crippen MR) is 110 cm³/mol. The van der Waals surface area contributed by atoms with E-state index in [1.165, 1.54) is 0 Å². The molecule has 2 aromatic rings. The quantitative estimate of drug-likeness (QED) is 0.423. The Bertz CT molecular complexity index is 715. The van der Waals surface area contributed by atoms with Gasteiger partial charge in [-0.2, -0.15) is 5.10 Å². The topological polar surface area (TPSA) is 66.7 Å². The van der Waals surface area contributed by atoms with Gasteiger partial charge >= 0.3 is 0 Å². The third kappa shape index (κ3) is 5.39. The number of guanidine groups is 1. The van der Waals surface area contributed by atoms with E-state index in [0.717, 1.165) is 63.0 Å². The molecule has 1 saturated heterocycles. The number of aryl methyl sites for hydroxylation is 1. The van der Waals surface area contributed by atoms with E-state index < -0.39 is 0 Å². The van der Waals surface area contributed by atoms with Crippen molar-refractivity contribution in [3.63, 3.8) is 0 Å². The van der Waals surface area contributed by atoms with Gasteiger partial charge in [-0.15, -0.1) is 0 Å². The summed E-state index contributed by atoms with van der Waals surface area (Å²) in [7, 11) is 1.73. The Balaban J connectivity index is 1.51. The molecule has 2 heterocycles. The summed E-state index contributed by atoms with van der Waals surface area (Å²) >= 11 is 0. The van der Waals surface area contributed by atoms with Crippen LogP contribution < -0.4 is 20.3 Å². The van der Waals surface area contributed by atoms with E-state index in [9.17, 15) is 0 Å². The SMILES string of the molecule is CCNC(=NCCCn1cccn1)NC1CCN(c2ccccc2OC)C1. The molecule has 0 aliphatic carbocycles. The molecule has 3 rings (SSSR count). The number of hydrogen-bond donors (Lipinski definition) is 2. The Morgan fingerprint density at radius 2 is 2.22 bits per heavy atom. The van der Waals surface area contributed by atoms with Crippen LogP contribution in [0.3, 0.4) is 0 Å². The molecule has 7 heteroatoms. The number of nitrogens with one attached hydrogen (secondary N) is 2. The summed E-state index contributed by atoms with van der Waals surface area (Å²) in [5.41, 5.74) is 1.16. The molecule has 1 unspecified atom stereocenters. The highest BCUT2D eigenvalue weighted by atomic mass is 16.5. The largest absolute Gasteiger partial charge is 0.495 e. The number of methoxy groups -OCH3 is 1. The molecule has 1 aliphatic rings. The Hall–Kier alpha value is -2.70. The van der Waals surface area contributed by atoms with Crippen LogP contribution in [0.25, 0.3) is 0 Å². The van der Waals surface area contributed by atoms with Crippen LogP contribution >= 0.6 is 0 Å². The van der Waals surface area contributed by atoms with Crippen molar-refractivity contribution in [2.45, 2.75) is 32.4 Å². The van der Waals surface area contributed by atoms with E-state index in [1.807, 2.05) is 35.3 Å². The molecule has 1 atom stereocenters. The van der Waals surface area contributed by atoms with Crippen molar-refractivity contribution in [3.05, 3.63) is 42.7 Å². The van der Waals surface area contributed by atoms with Crippen molar-refractivity contribution >= 4 is 11.6 Å². The van der Waals surface area contributed by atoms with Crippen molar-refractivity contribution in [1.29, 1.82) is 0 Å². The molecule has 0 spiro atoms. The van der Waals surface area contributed by atoms with Crippen LogP contribution in [0.1, 0.15) is 19.8 Å². The number of para-hydroxylation sites is 2. The summed E-state index contributed by atoms with van der Waals surface area (Å²) in [5.74, 6) is 1.82. The van der Waals surface area contributed by atoms with Crippen molar-refractivity contribution in [1.82, 2.24) is 20.4 Å². The maximum absolute atomic E-state index is 5.50. The number of rotatable bonds is 8. The van der Waals surface area contributed by atoms with E-state index >= 15 is 0 Å². The molecule has 27 heavy (non-hydrogen) atoms. The Labute approximate surface area is 161 Å². The lowest BCUT2D eigenvalue weighted by molar-refractivity contribution is 0.415. The van der Waals surface area contributed by atoms with E-state index in [-0.39, 0.29) is 0 Å². The summed E-state index contributed by atoms with van der Waals surface area (Å²) in [6.45, 7) is 6.57. The molecule has 2 N–H and O–H groups in total. The number of anilines is 1. The molecule has 1 aromatic heterocycles. The van der Waals surface area contributed by atoms with Gasteiger partial charge in [0.05, 0.1) is 12.8 Å². The van der Waals surface area contributed by atoms with Crippen LogP contribution in [0.5, 0.6) is 5.75 Å². The summed E-state index contributed by atoms with van der Waals surface area (Å²) in [4.78, 5) is 7.09. The lowest BCUT2D eigenvalue weighted by Gasteiger charge is -2.22. The van der Waals surface area contributed by atoms with E-state index in [2.05, 4.69) is 39.7 Å². The first-order valence-corrected chi connectivity index (χ1v) is 9.70. The van der Waals surface area contributed by atoms with Gasteiger partial charge in [0.15, 0.2) is 5.96 Å². The summed E-state index contributed by atoms with van der Waals surface area (Å²) < 4.78 is 7.45. The molecule has 146 valence electrons. The lowest BCUT2D eigenvalue weighted by atomic mass is 10.2. The smallest absolute Gasteiger partial charge is 0.191 e. The highest BCUT2D eigenvalue weighted by Gasteiger charge is 2.25. The van der Waals surface area contributed by atoms with Crippen molar-refractivity contribution in [2.24, 2.45) is 4.99 Å². The predicted octanol–water partition coefficient (Wildman–Crippen LogP) is 2.12. The first kappa shape index (κ1) is 19.1. The van der Waals surface area contributed by atoms with Crippen LogP contribution in [0.2, 0.25) is 0 Å². The normalized spacial score (nSPS) is 17.2. The Kier molecular flexibility index (Phi) is 6.96. The van der Waals surface area contributed by atoms with E-state index in [4.69, 9.17) is 9.73 Å². The zero-order chi connectivity index (χ0) is 18.9. The van der Waals surface area contributed by atoms with Gasteiger partial charge < -0.3 is 20.3 Å². The average molecular weight is 371 g/mol. The van der Waals surface area contributed by atoms with Gasteiger partial charge in [-0.05, 0) is 38.0 Å². The second-order valence-corrected chi connectivity index (χ2v) is 6.63. The summed E-state index contributed by atoms with van der Waals surface area (Å²) in [6.07, 6.45) is 5.84. The van der Waals surface area contributed by atoms with Crippen LogP contribution in [-0.4, -0.2) is 55.1 Å². The van der Waals surface area contributed by atoms with Crippen LogP contribution in [0.4, 0.5) is 5.69 Å². The highest BCUT2D eigenvalue weighted by molar-refractivity contribution is 5.80. The lowest BCUT2D eigenvalue weighted by Crippen LogP contribution is -2.44. The Morgan fingerprint density at radius 1 is 1.33 bits per heavy atom. The number of benzene rings is 1. The molecule has 0 radical (unpaired) electrons. The van der Waals surface area contributed by atoms with Gasteiger partial charge in [0.25, 0.3) is 0 Å². The molecule has 0 saturated carbocycles. The molecule has 7 nitrogen and oxygen atoms in total. The molecular weight excluding hydrogens is 340 g/mol. The monoisotopic (exact) mass is 370 g/mol. The van der Waals surface area contributed by atoms with Gasteiger partial charge in [0.1, 0.15) is 5.75 Å².